The van der Waals surface area contributed by atoms with Gasteiger partial charge in [0.1, 0.15) is 24.0 Å². The first kappa shape index (κ1) is 54.1. The van der Waals surface area contributed by atoms with Crippen LogP contribution in [-0.2, 0) is 27.1 Å². The molecule has 0 bridgehead atoms. The van der Waals surface area contributed by atoms with Crippen LogP contribution in [0, 0.1) is 6.92 Å². The Labute approximate surface area is 476 Å². The van der Waals surface area contributed by atoms with E-state index >= 15 is 0 Å². The third kappa shape index (κ3) is 10.6. The minimum atomic E-state index is -0.0288. The van der Waals surface area contributed by atoms with Crippen LogP contribution < -0.4 is 14.5 Å². The van der Waals surface area contributed by atoms with Crippen LogP contribution in [0.5, 0.6) is 11.5 Å². The van der Waals surface area contributed by atoms with Gasteiger partial charge in [0.25, 0.3) is 0 Å². The van der Waals surface area contributed by atoms with Crippen LogP contribution >= 0.6 is 0 Å². The van der Waals surface area contributed by atoms with E-state index in [-0.39, 0.29) is 27.1 Å². The molecule has 0 atom stereocenters. The minimum Gasteiger partial charge on any atom is -0.457 e. The topological polar surface area (TPSA) is 33.5 Å². The van der Waals surface area contributed by atoms with Crippen LogP contribution in [0.2, 0.25) is 0 Å². The molecule has 0 spiro atoms. The maximum atomic E-state index is 6.99. The fourth-order valence-corrected chi connectivity index (χ4v) is 11.3. The maximum absolute atomic E-state index is 6.99. The van der Waals surface area contributed by atoms with E-state index < -0.39 is 0 Å². The number of aromatic nitrogens is 2. The lowest BCUT2D eigenvalue weighted by atomic mass is 9.80. The number of fused-ring (bicyclic) bond motifs is 4. The first-order valence-electron chi connectivity index (χ1n) is 28.7. The number of rotatable bonds is 8. The van der Waals surface area contributed by atoms with Gasteiger partial charge in [0.2, 0.25) is 0 Å². The van der Waals surface area contributed by atoms with E-state index in [1.165, 1.54) is 72.6 Å². The zero-order valence-electron chi connectivity index (χ0n) is 50.2. The number of pyridine rings is 1. The smallest absolute Gasteiger partial charge is 0.137 e. The number of hydrogen-bond donors (Lipinski definition) is 0. The van der Waals surface area contributed by atoms with Crippen LogP contribution in [0.3, 0.4) is 0 Å². The highest BCUT2D eigenvalue weighted by Crippen LogP contribution is 2.49. The summed E-state index contributed by atoms with van der Waals surface area (Å²) < 4.78 is 9.30. The average molecular weight is 1050 g/mol. The van der Waals surface area contributed by atoms with Gasteiger partial charge >= 0.3 is 0 Å². The zero-order chi connectivity index (χ0) is 56.8. The van der Waals surface area contributed by atoms with Crippen molar-refractivity contribution in [1.29, 1.82) is 0 Å². The van der Waals surface area contributed by atoms with Crippen LogP contribution in [0.4, 0.5) is 22.7 Å². The lowest BCUT2D eigenvalue weighted by Gasteiger charge is -2.29. The van der Waals surface area contributed by atoms with Crippen molar-refractivity contribution in [3.05, 3.63) is 216 Å². The van der Waals surface area contributed by atoms with Crippen molar-refractivity contribution in [2.24, 2.45) is 0 Å². The summed E-state index contributed by atoms with van der Waals surface area (Å²) in [6.07, 6.45) is 2.05. The highest BCUT2D eigenvalue weighted by molar-refractivity contribution is 6.11. The first-order chi connectivity index (χ1) is 37.7. The number of hydrogen-bond acceptors (Lipinski definition) is 4. The third-order valence-corrected chi connectivity index (χ3v) is 16.4. The number of ether oxygens (including phenoxy) is 1. The van der Waals surface area contributed by atoms with Gasteiger partial charge in [-0.15, -0.1) is 0 Å². The fourth-order valence-electron chi connectivity index (χ4n) is 11.3. The average Bonchev–Trinajstić information content (AvgIpc) is 4.18. The van der Waals surface area contributed by atoms with Crippen molar-refractivity contribution in [3.63, 3.8) is 0 Å². The summed E-state index contributed by atoms with van der Waals surface area (Å²) in [5, 5.41) is 2.30. The van der Waals surface area contributed by atoms with Gasteiger partial charge in [0.15, 0.2) is 0 Å². The van der Waals surface area contributed by atoms with Gasteiger partial charge in [0, 0.05) is 46.0 Å². The highest BCUT2D eigenvalue weighted by atomic mass is 16.5. The molecule has 1 aliphatic rings. The number of aryl methyl sites for hydroxylation is 1. The summed E-state index contributed by atoms with van der Waals surface area (Å²) in [6, 6.07) is 65.5. The van der Waals surface area contributed by atoms with Gasteiger partial charge in [0.05, 0.1) is 22.4 Å². The molecule has 10 aromatic rings. The molecule has 11 rings (SSSR count). The molecule has 0 saturated carbocycles. The Morgan fingerprint density at radius 3 is 1.52 bits per heavy atom. The largest absolute Gasteiger partial charge is 0.457 e. The fraction of sp³-hybridized carbons (Fsp3) is 0.293. The Kier molecular flexibility index (Phi) is 13.3. The Morgan fingerprint density at radius 2 is 0.925 bits per heavy atom. The molecule has 406 valence electrons. The van der Waals surface area contributed by atoms with Crippen LogP contribution in [0.25, 0.3) is 61.0 Å². The molecule has 0 radical (unpaired) electrons. The molecular formula is C75H80N4O. The highest BCUT2D eigenvalue weighted by Gasteiger charge is 2.32. The molecule has 0 saturated heterocycles. The lowest BCUT2D eigenvalue weighted by Crippen LogP contribution is -2.25. The van der Waals surface area contributed by atoms with Crippen molar-refractivity contribution >= 4 is 44.6 Å². The minimum absolute atomic E-state index is 0.0288. The van der Waals surface area contributed by atoms with Gasteiger partial charge < -0.3 is 14.5 Å². The van der Waals surface area contributed by atoms with E-state index in [2.05, 4.69) is 307 Å². The van der Waals surface area contributed by atoms with Crippen molar-refractivity contribution in [2.45, 2.75) is 138 Å². The second-order valence-electron chi connectivity index (χ2n) is 27.7. The quantitative estimate of drug-likeness (QED) is 0.152. The molecular weight excluding hydrogens is 973 g/mol. The van der Waals surface area contributed by atoms with Crippen molar-refractivity contribution in [1.82, 2.24) is 9.55 Å². The standard InChI is InChI=1S/C75H80N4O/c1-48-37-70(76-46-65(48)53-19-17-20-56(38-53)73(8,9)10)79-66-35-27-51(49-23-29-54(30-24-49)71(2,3)4)39-64(66)63-34-33-62(45-68(63)79)80-61-22-18-21-59(44-61)77-47-78(60-42-57(74(11,12)13)41-58(43-60)75(14,15)16)69-40-52(28-36-67(69)77)50-25-31-55(32-26-50)72(5,6)7/h17-46H,47H2,1-16H3. The summed E-state index contributed by atoms with van der Waals surface area (Å²) in [4.78, 5) is 10.2. The predicted molar refractivity (Wildman–Crippen MR) is 342 cm³/mol. The number of anilines is 4. The van der Waals surface area contributed by atoms with E-state index in [0.29, 0.717) is 6.67 Å². The molecule has 0 aliphatic carbocycles. The predicted octanol–water partition coefficient (Wildman–Crippen LogP) is 21.0. The van der Waals surface area contributed by atoms with E-state index in [1.54, 1.807) is 0 Å². The lowest BCUT2D eigenvalue weighted by molar-refractivity contribution is 0.483. The molecule has 5 nitrogen and oxygen atoms in total. The van der Waals surface area contributed by atoms with E-state index in [4.69, 9.17) is 9.72 Å². The molecule has 3 heterocycles. The van der Waals surface area contributed by atoms with Crippen LogP contribution in [-0.4, -0.2) is 16.2 Å². The molecule has 1 aliphatic heterocycles. The van der Waals surface area contributed by atoms with E-state index in [9.17, 15) is 0 Å². The Morgan fingerprint density at radius 1 is 0.375 bits per heavy atom. The Balaban J connectivity index is 0.990. The van der Waals surface area contributed by atoms with Gasteiger partial charge in [-0.25, -0.2) is 4.98 Å². The molecule has 80 heavy (non-hydrogen) atoms. The Hall–Kier alpha value is -7.89. The van der Waals surface area contributed by atoms with E-state index in [0.717, 1.165) is 56.1 Å². The van der Waals surface area contributed by atoms with Gasteiger partial charge in [-0.2, -0.15) is 0 Å². The van der Waals surface area contributed by atoms with Gasteiger partial charge in [-0.05, 0) is 162 Å². The number of nitrogens with zero attached hydrogens (tertiary/aromatic N) is 4. The molecule has 0 N–H and O–H groups in total. The summed E-state index contributed by atoms with van der Waals surface area (Å²) in [6.45, 7) is 37.2. The molecule has 0 amide bonds. The summed E-state index contributed by atoms with van der Waals surface area (Å²) >= 11 is 0. The molecule has 0 fully saturated rings. The van der Waals surface area contributed by atoms with Gasteiger partial charge in [-0.1, -0.05) is 201 Å². The monoisotopic (exact) mass is 1050 g/mol. The Bertz CT molecular complexity index is 3940. The SMILES string of the molecule is Cc1cc(-n2c3ccc(-c4ccc(C(C)(C)C)cc4)cc3c3ccc(Oc4cccc(N5CN(c6cc(C(C)(C)C)cc(C(C)(C)C)c6)c6cc(-c7ccc(C(C)(C)C)cc7)ccc65)c4)cc32)ncc1-c1cccc(C(C)(C)C)c1. The van der Waals surface area contributed by atoms with Crippen molar-refractivity contribution in [3.8, 4) is 50.7 Å². The second-order valence-corrected chi connectivity index (χ2v) is 27.7. The normalized spacial score (nSPS) is 13.4. The van der Waals surface area contributed by atoms with Gasteiger partial charge in [-0.3, -0.25) is 4.57 Å². The first-order valence-corrected chi connectivity index (χ1v) is 28.7. The second kappa shape index (κ2) is 19.7. The number of benzene rings is 8. The maximum Gasteiger partial charge on any atom is 0.137 e. The molecule has 2 aromatic heterocycles. The van der Waals surface area contributed by atoms with Crippen molar-refractivity contribution in [2.75, 3.05) is 16.5 Å². The summed E-state index contributed by atoms with van der Waals surface area (Å²) in [5.74, 6) is 2.38. The molecule has 5 heteroatoms. The third-order valence-electron chi connectivity index (χ3n) is 16.4. The van der Waals surface area contributed by atoms with Crippen molar-refractivity contribution < 1.29 is 4.74 Å². The summed E-state index contributed by atoms with van der Waals surface area (Å²) in [5.41, 5.74) is 21.7. The zero-order valence-corrected chi connectivity index (χ0v) is 50.2. The van der Waals surface area contributed by atoms with Crippen LogP contribution in [0.15, 0.2) is 182 Å². The molecule has 8 aromatic carbocycles. The summed E-state index contributed by atoms with van der Waals surface area (Å²) in [7, 11) is 0. The van der Waals surface area contributed by atoms with E-state index in [1.807, 2.05) is 0 Å². The molecule has 0 unspecified atom stereocenters. The van der Waals surface area contributed by atoms with Crippen LogP contribution in [0.1, 0.15) is 137 Å².